The number of benzene rings is 2. The van der Waals surface area contributed by atoms with E-state index in [1.807, 2.05) is 18.2 Å². The molecule has 21 heavy (non-hydrogen) atoms. The molecule has 0 atom stereocenters. The van der Waals surface area contributed by atoms with Gasteiger partial charge in [-0.05, 0) is 36.4 Å². The number of nitrogens with zero attached hydrogens (tertiary/aromatic N) is 3. The molecule has 0 radical (unpaired) electrons. The van der Waals surface area contributed by atoms with E-state index in [0.29, 0.717) is 11.3 Å². The lowest BCUT2D eigenvalue weighted by Crippen LogP contribution is -1.87. The van der Waals surface area contributed by atoms with E-state index in [0.717, 1.165) is 16.7 Å². The lowest BCUT2D eigenvalue weighted by atomic mass is 10.2. The van der Waals surface area contributed by atoms with Gasteiger partial charge in [0.05, 0.1) is 23.8 Å². The second-order valence-corrected chi connectivity index (χ2v) is 4.41. The first kappa shape index (κ1) is 13.1. The molecular weight excluding hydrogens is 266 g/mol. The summed E-state index contributed by atoms with van der Waals surface area (Å²) in [6.07, 6.45) is 4.89. The zero-order valence-electron chi connectivity index (χ0n) is 11.4. The summed E-state index contributed by atoms with van der Waals surface area (Å²) in [5.41, 5.74) is 2.93. The number of rotatable bonds is 3. The molecular formula is C16H13N3O2. The van der Waals surface area contributed by atoms with E-state index in [9.17, 15) is 5.11 Å². The molecule has 1 N–H and O–H groups in total. The molecule has 5 nitrogen and oxygen atoms in total. The van der Waals surface area contributed by atoms with Crippen LogP contribution in [0.4, 0.5) is 5.69 Å². The van der Waals surface area contributed by atoms with Gasteiger partial charge in [-0.15, -0.1) is 0 Å². The molecule has 1 aromatic heterocycles. The number of phenolic OH excluding ortho intramolecular Hbond substituents is 1. The summed E-state index contributed by atoms with van der Waals surface area (Å²) in [6, 6.07) is 10.5. The van der Waals surface area contributed by atoms with Gasteiger partial charge < -0.3 is 9.84 Å². The average molecular weight is 279 g/mol. The van der Waals surface area contributed by atoms with Crippen LogP contribution in [0.2, 0.25) is 0 Å². The van der Waals surface area contributed by atoms with Crippen molar-refractivity contribution in [3.63, 3.8) is 0 Å². The van der Waals surface area contributed by atoms with Gasteiger partial charge in [-0.25, -0.2) is 0 Å². The molecule has 5 heteroatoms. The molecule has 0 bridgehead atoms. The first-order valence-corrected chi connectivity index (χ1v) is 6.38. The van der Waals surface area contributed by atoms with Crippen LogP contribution in [0.15, 0.2) is 53.8 Å². The summed E-state index contributed by atoms with van der Waals surface area (Å²) in [4.78, 5) is 12.8. The van der Waals surface area contributed by atoms with Crippen molar-refractivity contribution >= 4 is 22.9 Å². The molecule has 0 aliphatic carbocycles. The summed E-state index contributed by atoms with van der Waals surface area (Å²) in [6.45, 7) is 0. The van der Waals surface area contributed by atoms with Crippen LogP contribution in [-0.4, -0.2) is 28.4 Å². The molecule has 0 fully saturated rings. The molecule has 3 rings (SSSR count). The number of aromatic hydroxyl groups is 1. The van der Waals surface area contributed by atoms with Gasteiger partial charge in [0, 0.05) is 24.2 Å². The van der Waals surface area contributed by atoms with Crippen LogP contribution in [0.1, 0.15) is 5.56 Å². The Morgan fingerprint density at radius 3 is 2.67 bits per heavy atom. The minimum absolute atomic E-state index is 0.153. The molecule has 0 aliphatic heterocycles. The molecule has 0 amide bonds. The maximum Gasteiger partial charge on any atom is 0.124 e. The summed E-state index contributed by atoms with van der Waals surface area (Å²) < 4.78 is 5.13. The Bertz CT molecular complexity index is 815. The molecule has 0 aliphatic rings. The summed E-state index contributed by atoms with van der Waals surface area (Å²) in [5, 5.41) is 9.81. The van der Waals surface area contributed by atoms with E-state index >= 15 is 0 Å². The molecule has 0 saturated carbocycles. The van der Waals surface area contributed by atoms with Gasteiger partial charge in [-0.3, -0.25) is 15.0 Å². The van der Waals surface area contributed by atoms with E-state index < -0.39 is 0 Å². The third-order valence-corrected chi connectivity index (χ3v) is 3.04. The monoisotopic (exact) mass is 279 g/mol. The third kappa shape index (κ3) is 2.81. The van der Waals surface area contributed by atoms with Gasteiger partial charge in [0.1, 0.15) is 11.5 Å². The predicted octanol–water partition coefficient (Wildman–Crippen LogP) is 3.09. The minimum Gasteiger partial charge on any atom is -0.507 e. The standard InChI is InChI=1S/C16H13N3O2/c1-21-13-3-5-16(20)11(8-13)10-19-12-2-4-14-15(9-12)18-7-6-17-14/h2-10,20H,1H3. The summed E-state index contributed by atoms with van der Waals surface area (Å²) >= 11 is 0. The predicted molar refractivity (Wildman–Crippen MR) is 81.5 cm³/mol. The maximum atomic E-state index is 9.81. The molecule has 0 spiro atoms. The third-order valence-electron chi connectivity index (χ3n) is 3.04. The van der Waals surface area contributed by atoms with Gasteiger partial charge in [0.15, 0.2) is 0 Å². The SMILES string of the molecule is COc1ccc(O)c(C=Nc2ccc3nccnc3c2)c1. The molecule has 104 valence electrons. The summed E-state index contributed by atoms with van der Waals surface area (Å²) in [5.74, 6) is 0.818. The van der Waals surface area contributed by atoms with E-state index in [1.54, 1.807) is 43.9 Å². The highest BCUT2D eigenvalue weighted by Crippen LogP contribution is 2.23. The second kappa shape index (κ2) is 5.58. The van der Waals surface area contributed by atoms with Crippen molar-refractivity contribution in [3.05, 3.63) is 54.4 Å². The fourth-order valence-electron chi connectivity index (χ4n) is 1.94. The summed E-state index contributed by atoms with van der Waals surface area (Å²) in [7, 11) is 1.58. The number of ether oxygens (including phenoxy) is 1. The molecule has 0 unspecified atom stereocenters. The van der Waals surface area contributed by atoms with Gasteiger partial charge in [-0.2, -0.15) is 0 Å². The first-order valence-electron chi connectivity index (χ1n) is 6.38. The number of phenols is 1. The van der Waals surface area contributed by atoms with Gasteiger partial charge in [0.25, 0.3) is 0 Å². The van der Waals surface area contributed by atoms with Crippen molar-refractivity contribution in [2.24, 2.45) is 4.99 Å². The largest absolute Gasteiger partial charge is 0.507 e. The lowest BCUT2D eigenvalue weighted by Gasteiger charge is -2.03. The van der Waals surface area contributed by atoms with E-state index in [-0.39, 0.29) is 5.75 Å². The number of methoxy groups -OCH3 is 1. The number of aliphatic imine (C=N–C) groups is 1. The van der Waals surface area contributed by atoms with Crippen molar-refractivity contribution in [3.8, 4) is 11.5 Å². The normalized spacial score (nSPS) is 11.1. The molecule has 2 aromatic carbocycles. The van der Waals surface area contributed by atoms with E-state index in [2.05, 4.69) is 15.0 Å². The Hall–Kier alpha value is -2.95. The Morgan fingerprint density at radius 1 is 1.05 bits per heavy atom. The average Bonchev–Trinajstić information content (AvgIpc) is 2.54. The Morgan fingerprint density at radius 2 is 1.86 bits per heavy atom. The van der Waals surface area contributed by atoms with Crippen LogP contribution in [0, 0.1) is 0 Å². The highest BCUT2D eigenvalue weighted by Gasteiger charge is 2.01. The van der Waals surface area contributed by atoms with Crippen LogP contribution in [0.25, 0.3) is 11.0 Å². The zero-order chi connectivity index (χ0) is 14.7. The van der Waals surface area contributed by atoms with Crippen LogP contribution in [0.5, 0.6) is 11.5 Å². The zero-order valence-corrected chi connectivity index (χ0v) is 11.4. The van der Waals surface area contributed by atoms with Crippen molar-refractivity contribution in [1.29, 1.82) is 0 Å². The minimum atomic E-state index is 0.153. The number of hydrogen-bond acceptors (Lipinski definition) is 5. The van der Waals surface area contributed by atoms with Crippen molar-refractivity contribution in [2.45, 2.75) is 0 Å². The fraction of sp³-hybridized carbons (Fsp3) is 0.0625. The maximum absolute atomic E-state index is 9.81. The first-order chi connectivity index (χ1) is 10.3. The van der Waals surface area contributed by atoms with Crippen LogP contribution < -0.4 is 4.74 Å². The van der Waals surface area contributed by atoms with E-state index in [4.69, 9.17) is 4.74 Å². The number of aromatic nitrogens is 2. The molecule has 3 aromatic rings. The number of hydrogen-bond donors (Lipinski definition) is 1. The fourth-order valence-corrected chi connectivity index (χ4v) is 1.94. The van der Waals surface area contributed by atoms with Gasteiger partial charge in [0.2, 0.25) is 0 Å². The lowest BCUT2D eigenvalue weighted by molar-refractivity contribution is 0.412. The Balaban J connectivity index is 1.94. The van der Waals surface area contributed by atoms with Crippen LogP contribution >= 0.6 is 0 Å². The van der Waals surface area contributed by atoms with E-state index in [1.165, 1.54) is 0 Å². The Kier molecular flexibility index (Phi) is 3.47. The van der Waals surface area contributed by atoms with Crippen LogP contribution in [-0.2, 0) is 0 Å². The number of fused-ring (bicyclic) bond motifs is 1. The van der Waals surface area contributed by atoms with Gasteiger partial charge >= 0.3 is 0 Å². The van der Waals surface area contributed by atoms with Gasteiger partial charge in [-0.1, -0.05) is 0 Å². The second-order valence-electron chi connectivity index (χ2n) is 4.41. The highest BCUT2D eigenvalue weighted by atomic mass is 16.5. The van der Waals surface area contributed by atoms with Crippen molar-refractivity contribution in [1.82, 2.24) is 9.97 Å². The van der Waals surface area contributed by atoms with Crippen LogP contribution in [0.3, 0.4) is 0 Å². The Labute approximate surface area is 121 Å². The molecule has 1 heterocycles. The van der Waals surface area contributed by atoms with Crippen molar-refractivity contribution in [2.75, 3.05) is 7.11 Å². The topological polar surface area (TPSA) is 67.6 Å². The molecule has 0 saturated heterocycles. The quantitative estimate of drug-likeness (QED) is 0.748. The van der Waals surface area contributed by atoms with Crippen molar-refractivity contribution < 1.29 is 9.84 Å². The smallest absolute Gasteiger partial charge is 0.124 e. The highest BCUT2D eigenvalue weighted by molar-refractivity contribution is 5.87.